The highest BCUT2D eigenvalue weighted by Gasteiger charge is 2.33. The minimum absolute atomic E-state index is 0.00695. The molecule has 0 unspecified atom stereocenters. The highest BCUT2D eigenvalue weighted by atomic mass is 35.5. The van der Waals surface area contributed by atoms with E-state index in [4.69, 9.17) is 16.3 Å². The second-order valence-corrected chi connectivity index (χ2v) is 11.6. The predicted octanol–water partition coefficient (Wildman–Crippen LogP) is 4.88. The lowest BCUT2D eigenvalue weighted by Gasteiger charge is -2.33. The quantitative estimate of drug-likeness (QED) is 0.334. The maximum absolute atomic E-state index is 14.0. The van der Waals surface area contributed by atoms with E-state index in [0.717, 1.165) is 9.87 Å². The van der Waals surface area contributed by atoms with Crippen molar-refractivity contribution in [3.8, 4) is 5.75 Å². The van der Waals surface area contributed by atoms with E-state index in [1.807, 2.05) is 26.8 Å². The first-order valence-electron chi connectivity index (χ1n) is 12.6. The Kier molecular flexibility index (Phi) is 10.4. The molecule has 3 aromatic rings. The molecule has 0 saturated carbocycles. The summed E-state index contributed by atoms with van der Waals surface area (Å²) in [5, 5.41) is 3.27. The molecule has 3 rings (SSSR count). The summed E-state index contributed by atoms with van der Waals surface area (Å²) in [5.41, 5.74) is 1.06. The number of hydrogen-bond acceptors (Lipinski definition) is 5. The van der Waals surface area contributed by atoms with Crippen molar-refractivity contribution >= 4 is 39.1 Å². The van der Waals surface area contributed by atoms with Gasteiger partial charge in [0.2, 0.25) is 11.8 Å². The van der Waals surface area contributed by atoms with Crippen LogP contribution in [0, 0.1) is 0 Å². The monoisotopic (exact) mass is 571 g/mol. The van der Waals surface area contributed by atoms with Crippen LogP contribution in [0.3, 0.4) is 0 Å². The molecule has 0 spiro atoms. The van der Waals surface area contributed by atoms with E-state index < -0.39 is 28.5 Å². The zero-order chi connectivity index (χ0) is 28.6. The van der Waals surface area contributed by atoms with Gasteiger partial charge in [-0.15, -0.1) is 0 Å². The average Bonchev–Trinajstić information content (AvgIpc) is 2.91. The topological polar surface area (TPSA) is 96.0 Å². The maximum Gasteiger partial charge on any atom is 0.264 e. The van der Waals surface area contributed by atoms with Crippen LogP contribution in [0.4, 0.5) is 5.69 Å². The van der Waals surface area contributed by atoms with Crippen molar-refractivity contribution in [2.45, 2.75) is 50.7 Å². The molecule has 0 aliphatic rings. The Balaban J connectivity index is 2.04. The summed E-state index contributed by atoms with van der Waals surface area (Å²) < 4.78 is 33.9. The summed E-state index contributed by atoms with van der Waals surface area (Å²) in [4.78, 5) is 28.6. The number of nitrogens with one attached hydrogen (secondary N) is 1. The van der Waals surface area contributed by atoms with Gasteiger partial charge in [0.1, 0.15) is 18.3 Å². The molecule has 208 valence electrons. The van der Waals surface area contributed by atoms with E-state index in [2.05, 4.69) is 5.32 Å². The number of carbonyl (C=O) groups excluding carboxylic acids is 2. The zero-order valence-corrected chi connectivity index (χ0v) is 24.1. The van der Waals surface area contributed by atoms with Crippen molar-refractivity contribution in [2.24, 2.45) is 0 Å². The smallest absolute Gasteiger partial charge is 0.264 e. The number of para-hydroxylation sites is 1. The number of anilines is 1. The number of ether oxygens (including phenoxy) is 1. The molecule has 0 heterocycles. The second-order valence-electron chi connectivity index (χ2n) is 9.26. The van der Waals surface area contributed by atoms with Gasteiger partial charge in [0.25, 0.3) is 10.0 Å². The second kappa shape index (κ2) is 13.5. The summed E-state index contributed by atoms with van der Waals surface area (Å²) in [7, 11) is -2.60. The molecule has 1 atom stereocenters. The van der Waals surface area contributed by atoms with Crippen LogP contribution in [0.2, 0.25) is 5.02 Å². The summed E-state index contributed by atoms with van der Waals surface area (Å²) in [6.07, 6.45) is 0.337. The fourth-order valence-electron chi connectivity index (χ4n) is 4.12. The summed E-state index contributed by atoms with van der Waals surface area (Å²) in [6.45, 7) is 5.08. The fraction of sp³-hybridized carbons (Fsp3) is 0.310. The Morgan fingerprint density at radius 2 is 1.64 bits per heavy atom. The van der Waals surface area contributed by atoms with Crippen molar-refractivity contribution < 1.29 is 22.7 Å². The Morgan fingerprint density at radius 1 is 0.974 bits per heavy atom. The number of carbonyl (C=O) groups is 2. The van der Waals surface area contributed by atoms with E-state index in [0.29, 0.717) is 22.9 Å². The third kappa shape index (κ3) is 7.74. The first-order valence-corrected chi connectivity index (χ1v) is 14.4. The van der Waals surface area contributed by atoms with Gasteiger partial charge >= 0.3 is 0 Å². The number of amides is 2. The van der Waals surface area contributed by atoms with Gasteiger partial charge in [0, 0.05) is 17.6 Å². The molecule has 3 aromatic carbocycles. The van der Waals surface area contributed by atoms with Gasteiger partial charge in [-0.2, -0.15) is 0 Å². The number of benzene rings is 3. The predicted molar refractivity (Wildman–Crippen MR) is 153 cm³/mol. The first-order chi connectivity index (χ1) is 18.6. The minimum atomic E-state index is -4.15. The van der Waals surface area contributed by atoms with Crippen LogP contribution in [0.1, 0.15) is 32.8 Å². The maximum atomic E-state index is 14.0. The standard InChI is InChI=1S/C29H34ClN3O5S/c1-5-27(29(35)31-21(2)3)32(19-22-10-9-13-25(18-22)38-4)28(34)20-33(24-11-7-6-8-12-24)39(36,37)26-16-14-23(30)15-17-26/h6-18,21,27H,5,19-20H2,1-4H3,(H,31,35)/t27-/m1/s1. The van der Waals surface area contributed by atoms with Crippen LogP contribution >= 0.6 is 11.6 Å². The molecule has 39 heavy (non-hydrogen) atoms. The van der Waals surface area contributed by atoms with E-state index in [1.54, 1.807) is 55.6 Å². The molecular formula is C29H34ClN3O5S. The van der Waals surface area contributed by atoms with Crippen molar-refractivity contribution in [3.63, 3.8) is 0 Å². The highest BCUT2D eigenvalue weighted by molar-refractivity contribution is 7.92. The SMILES string of the molecule is CC[C@H](C(=O)NC(C)C)N(Cc1cccc(OC)c1)C(=O)CN(c1ccccc1)S(=O)(=O)c1ccc(Cl)cc1. The first kappa shape index (κ1) is 30.0. The van der Waals surface area contributed by atoms with Gasteiger partial charge in [-0.1, -0.05) is 48.9 Å². The summed E-state index contributed by atoms with van der Waals surface area (Å²) in [6, 6.07) is 20.4. The van der Waals surface area contributed by atoms with Crippen LogP contribution in [0.25, 0.3) is 0 Å². The zero-order valence-electron chi connectivity index (χ0n) is 22.5. The number of hydrogen-bond donors (Lipinski definition) is 1. The molecule has 10 heteroatoms. The molecule has 0 saturated heterocycles. The molecule has 2 amide bonds. The van der Waals surface area contributed by atoms with E-state index in [9.17, 15) is 18.0 Å². The lowest BCUT2D eigenvalue weighted by atomic mass is 10.1. The van der Waals surface area contributed by atoms with Gasteiger partial charge in [0.05, 0.1) is 17.7 Å². The molecule has 0 aromatic heterocycles. The van der Waals surface area contributed by atoms with Crippen LogP contribution in [-0.4, -0.2) is 50.9 Å². The van der Waals surface area contributed by atoms with Gasteiger partial charge < -0.3 is 15.0 Å². The van der Waals surface area contributed by atoms with Crippen molar-refractivity contribution in [2.75, 3.05) is 18.0 Å². The number of methoxy groups -OCH3 is 1. The molecule has 0 aliphatic carbocycles. The Labute approximate surface area is 235 Å². The Morgan fingerprint density at radius 3 is 2.23 bits per heavy atom. The fourth-order valence-corrected chi connectivity index (χ4v) is 5.66. The molecule has 0 radical (unpaired) electrons. The molecule has 0 fully saturated rings. The van der Waals surface area contributed by atoms with Crippen molar-refractivity contribution in [1.29, 1.82) is 0 Å². The molecule has 8 nitrogen and oxygen atoms in total. The lowest BCUT2D eigenvalue weighted by molar-refractivity contribution is -0.140. The summed E-state index contributed by atoms with van der Waals surface area (Å²) >= 11 is 5.98. The van der Waals surface area contributed by atoms with Crippen LogP contribution < -0.4 is 14.4 Å². The lowest BCUT2D eigenvalue weighted by Crippen LogP contribution is -2.53. The van der Waals surface area contributed by atoms with Crippen molar-refractivity contribution in [3.05, 3.63) is 89.4 Å². The molecular weight excluding hydrogens is 538 g/mol. The average molecular weight is 572 g/mol. The number of nitrogens with zero attached hydrogens (tertiary/aromatic N) is 2. The van der Waals surface area contributed by atoms with E-state index >= 15 is 0 Å². The van der Waals surface area contributed by atoms with Gasteiger partial charge in [-0.25, -0.2) is 8.42 Å². The molecule has 0 bridgehead atoms. The van der Waals surface area contributed by atoms with Crippen LogP contribution in [0.5, 0.6) is 5.75 Å². The van der Waals surface area contributed by atoms with E-state index in [-0.39, 0.29) is 23.4 Å². The number of halogens is 1. The number of sulfonamides is 1. The molecule has 0 aliphatic heterocycles. The van der Waals surface area contributed by atoms with Gasteiger partial charge in [-0.3, -0.25) is 13.9 Å². The third-order valence-corrected chi connectivity index (χ3v) is 8.07. The van der Waals surface area contributed by atoms with Gasteiger partial charge in [0.15, 0.2) is 0 Å². The Hall–Kier alpha value is -3.56. The highest BCUT2D eigenvalue weighted by Crippen LogP contribution is 2.26. The molecule has 1 N–H and O–H groups in total. The van der Waals surface area contributed by atoms with Crippen LogP contribution in [-0.2, 0) is 26.2 Å². The van der Waals surface area contributed by atoms with Gasteiger partial charge in [-0.05, 0) is 74.4 Å². The largest absolute Gasteiger partial charge is 0.497 e. The number of rotatable bonds is 12. The normalized spacial score (nSPS) is 12.1. The summed E-state index contributed by atoms with van der Waals surface area (Å²) in [5.74, 6) is -0.226. The third-order valence-electron chi connectivity index (χ3n) is 6.03. The van der Waals surface area contributed by atoms with Crippen molar-refractivity contribution in [1.82, 2.24) is 10.2 Å². The Bertz CT molecular complexity index is 1370. The van der Waals surface area contributed by atoms with Crippen LogP contribution in [0.15, 0.2) is 83.8 Å². The van der Waals surface area contributed by atoms with E-state index in [1.165, 1.54) is 29.2 Å². The minimum Gasteiger partial charge on any atom is -0.497 e.